The smallest absolute Gasteiger partial charge is 0.229 e. The lowest BCUT2D eigenvalue weighted by atomic mass is 10.0. The fourth-order valence-corrected chi connectivity index (χ4v) is 3.87. The number of pyridine rings is 1. The van der Waals surface area contributed by atoms with Crippen LogP contribution in [-0.4, -0.2) is 53.9 Å². The summed E-state index contributed by atoms with van der Waals surface area (Å²) < 4.78 is 25.9. The second-order valence-electron chi connectivity index (χ2n) is 6.82. The van der Waals surface area contributed by atoms with Gasteiger partial charge in [0.25, 0.3) is 0 Å². The summed E-state index contributed by atoms with van der Waals surface area (Å²) in [5.74, 6) is 0.796. The van der Waals surface area contributed by atoms with Gasteiger partial charge >= 0.3 is 0 Å². The molecule has 0 aliphatic carbocycles. The van der Waals surface area contributed by atoms with Gasteiger partial charge in [-0.3, -0.25) is 9.71 Å². The van der Waals surface area contributed by atoms with Gasteiger partial charge < -0.3 is 10.0 Å². The van der Waals surface area contributed by atoms with Crippen LogP contribution in [0.1, 0.15) is 31.2 Å². The highest BCUT2D eigenvalue weighted by Crippen LogP contribution is 2.34. The van der Waals surface area contributed by atoms with E-state index in [1.54, 1.807) is 25.5 Å². The van der Waals surface area contributed by atoms with Crippen molar-refractivity contribution in [1.29, 1.82) is 0 Å². The molecule has 0 amide bonds. The third-order valence-corrected chi connectivity index (χ3v) is 5.27. The number of hydrogen-bond donors (Lipinski definition) is 2. The van der Waals surface area contributed by atoms with E-state index in [2.05, 4.69) is 24.6 Å². The zero-order valence-electron chi connectivity index (χ0n) is 15.8. The lowest BCUT2D eigenvalue weighted by Gasteiger charge is -2.32. The predicted octanol–water partition coefficient (Wildman–Crippen LogP) is 1.74. The monoisotopic (exact) mass is 391 g/mol. The molecule has 0 spiro atoms. The van der Waals surface area contributed by atoms with Gasteiger partial charge in [0.2, 0.25) is 10.0 Å². The summed E-state index contributed by atoms with van der Waals surface area (Å²) in [6.45, 7) is 5.20. The summed E-state index contributed by atoms with van der Waals surface area (Å²) in [6.07, 6.45) is 6.22. The van der Waals surface area contributed by atoms with Gasteiger partial charge in [0, 0.05) is 30.4 Å². The average Bonchev–Trinajstić information content (AvgIpc) is 2.62. The molecule has 3 rings (SSSR count). The molecule has 2 aromatic heterocycles. The molecule has 0 unspecified atom stereocenters. The topological polar surface area (TPSA) is 108 Å². The standard InChI is InChI=1S/C18H25N5O3S/c1-4-15-17(13-9-16(12(2)19-10-13)22-27(3,25)26)18(21-11-20-15)23-7-5-14(24)6-8-23/h9-11,14,22,24H,4-8H2,1-3H3. The molecule has 27 heavy (non-hydrogen) atoms. The van der Waals surface area contributed by atoms with Crippen LogP contribution in [0.5, 0.6) is 0 Å². The van der Waals surface area contributed by atoms with Crippen LogP contribution in [0.4, 0.5) is 11.5 Å². The minimum Gasteiger partial charge on any atom is -0.393 e. The molecule has 0 radical (unpaired) electrons. The molecule has 1 fully saturated rings. The van der Waals surface area contributed by atoms with Crippen LogP contribution < -0.4 is 9.62 Å². The number of sulfonamides is 1. The number of aliphatic hydroxyl groups is 1. The summed E-state index contributed by atoms with van der Waals surface area (Å²) in [5.41, 5.74) is 3.55. The zero-order chi connectivity index (χ0) is 19.6. The van der Waals surface area contributed by atoms with E-state index < -0.39 is 10.0 Å². The molecule has 9 heteroatoms. The molecule has 8 nitrogen and oxygen atoms in total. The zero-order valence-corrected chi connectivity index (χ0v) is 16.6. The Hall–Kier alpha value is -2.26. The molecule has 2 N–H and O–H groups in total. The molecular weight excluding hydrogens is 366 g/mol. The van der Waals surface area contributed by atoms with E-state index in [0.717, 1.165) is 28.9 Å². The van der Waals surface area contributed by atoms with Crippen molar-refractivity contribution in [3.05, 3.63) is 30.0 Å². The first kappa shape index (κ1) is 19.5. The van der Waals surface area contributed by atoms with E-state index in [-0.39, 0.29) is 6.10 Å². The Morgan fingerprint density at radius 2 is 1.96 bits per heavy atom. The number of aryl methyl sites for hydroxylation is 2. The van der Waals surface area contributed by atoms with Crippen LogP contribution in [-0.2, 0) is 16.4 Å². The number of aliphatic hydroxyl groups excluding tert-OH is 1. The largest absolute Gasteiger partial charge is 0.393 e. The minimum absolute atomic E-state index is 0.274. The highest BCUT2D eigenvalue weighted by Gasteiger charge is 2.23. The van der Waals surface area contributed by atoms with Crippen LogP contribution in [0, 0.1) is 6.92 Å². The van der Waals surface area contributed by atoms with Crippen LogP contribution in [0.2, 0.25) is 0 Å². The average molecular weight is 391 g/mol. The number of anilines is 2. The van der Waals surface area contributed by atoms with Gasteiger partial charge in [0.05, 0.1) is 29.4 Å². The summed E-state index contributed by atoms with van der Waals surface area (Å²) in [7, 11) is -3.41. The van der Waals surface area contributed by atoms with Crippen molar-refractivity contribution >= 4 is 21.5 Å². The van der Waals surface area contributed by atoms with Gasteiger partial charge in [0.1, 0.15) is 12.1 Å². The van der Waals surface area contributed by atoms with Crippen molar-refractivity contribution < 1.29 is 13.5 Å². The molecule has 2 aromatic rings. The van der Waals surface area contributed by atoms with E-state index in [9.17, 15) is 13.5 Å². The van der Waals surface area contributed by atoms with Gasteiger partial charge in [0.15, 0.2) is 0 Å². The SMILES string of the molecule is CCc1ncnc(N2CCC(O)CC2)c1-c1cnc(C)c(NS(C)(=O)=O)c1. The number of nitrogens with zero attached hydrogens (tertiary/aromatic N) is 4. The van der Waals surface area contributed by atoms with Crippen LogP contribution in [0.15, 0.2) is 18.6 Å². The van der Waals surface area contributed by atoms with E-state index in [0.29, 0.717) is 43.7 Å². The molecule has 1 aliphatic heterocycles. The number of aromatic nitrogens is 3. The van der Waals surface area contributed by atoms with Gasteiger partial charge in [-0.2, -0.15) is 0 Å². The second kappa shape index (κ2) is 7.77. The molecule has 3 heterocycles. The summed E-state index contributed by atoms with van der Waals surface area (Å²) >= 11 is 0. The Kier molecular flexibility index (Phi) is 5.61. The third-order valence-electron chi connectivity index (χ3n) is 4.68. The molecular formula is C18H25N5O3S. The van der Waals surface area contributed by atoms with Gasteiger partial charge in [-0.05, 0) is 32.3 Å². The third kappa shape index (κ3) is 4.54. The normalized spacial score (nSPS) is 15.8. The van der Waals surface area contributed by atoms with Crippen LogP contribution >= 0.6 is 0 Å². The van der Waals surface area contributed by atoms with E-state index in [1.165, 1.54) is 0 Å². The van der Waals surface area contributed by atoms with Gasteiger partial charge in [-0.1, -0.05) is 6.92 Å². The Morgan fingerprint density at radius 3 is 2.59 bits per heavy atom. The maximum Gasteiger partial charge on any atom is 0.229 e. The lowest BCUT2D eigenvalue weighted by molar-refractivity contribution is 0.145. The molecule has 0 aromatic carbocycles. The fraction of sp³-hybridized carbons (Fsp3) is 0.500. The van der Waals surface area contributed by atoms with Crippen molar-refractivity contribution in [2.75, 3.05) is 29.0 Å². The Balaban J connectivity index is 2.09. The first-order valence-corrected chi connectivity index (χ1v) is 10.9. The maximum atomic E-state index is 11.7. The van der Waals surface area contributed by atoms with Crippen molar-refractivity contribution in [3.63, 3.8) is 0 Å². The van der Waals surface area contributed by atoms with E-state index in [1.807, 2.05) is 6.92 Å². The lowest BCUT2D eigenvalue weighted by Crippen LogP contribution is -2.36. The van der Waals surface area contributed by atoms with Crippen molar-refractivity contribution in [3.8, 4) is 11.1 Å². The molecule has 1 aliphatic rings. The quantitative estimate of drug-likeness (QED) is 0.799. The molecule has 0 atom stereocenters. The number of hydrogen-bond acceptors (Lipinski definition) is 7. The first-order valence-electron chi connectivity index (χ1n) is 9.00. The Morgan fingerprint density at radius 1 is 1.26 bits per heavy atom. The van der Waals surface area contributed by atoms with Crippen molar-refractivity contribution in [2.24, 2.45) is 0 Å². The fourth-order valence-electron chi connectivity index (χ4n) is 3.27. The van der Waals surface area contributed by atoms with E-state index >= 15 is 0 Å². The van der Waals surface area contributed by atoms with Crippen molar-refractivity contribution in [2.45, 2.75) is 39.2 Å². The number of piperidine rings is 1. The van der Waals surface area contributed by atoms with E-state index in [4.69, 9.17) is 0 Å². The number of nitrogens with one attached hydrogen (secondary N) is 1. The van der Waals surface area contributed by atoms with Gasteiger partial charge in [-0.15, -0.1) is 0 Å². The molecule has 0 saturated carbocycles. The molecule has 0 bridgehead atoms. The summed E-state index contributed by atoms with van der Waals surface area (Å²) in [6, 6.07) is 1.78. The van der Waals surface area contributed by atoms with Crippen LogP contribution in [0.3, 0.4) is 0 Å². The number of rotatable bonds is 5. The van der Waals surface area contributed by atoms with Gasteiger partial charge in [-0.25, -0.2) is 18.4 Å². The molecule has 1 saturated heterocycles. The Bertz CT molecular complexity index is 925. The second-order valence-corrected chi connectivity index (χ2v) is 8.57. The highest BCUT2D eigenvalue weighted by atomic mass is 32.2. The maximum absolute atomic E-state index is 11.7. The summed E-state index contributed by atoms with van der Waals surface area (Å²) in [4.78, 5) is 15.4. The van der Waals surface area contributed by atoms with Crippen molar-refractivity contribution in [1.82, 2.24) is 15.0 Å². The Labute approximate surface area is 159 Å². The highest BCUT2D eigenvalue weighted by molar-refractivity contribution is 7.92. The first-order chi connectivity index (χ1) is 12.8. The van der Waals surface area contributed by atoms with Crippen LogP contribution in [0.25, 0.3) is 11.1 Å². The predicted molar refractivity (Wildman–Crippen MR) is 105 cm³/mol. The minimum atomic E-state index is -3.41. The molecule has 146 valence electrons. The summed E-state index contributed by atoms with van der Waals surface area (Å²) in [5, 5.41) is 9.80.